The number of benzene rings is 1. The van der Waals surface area contributed by atoms with Crippen molar-refractivity contribution in [1.29, 1.82) is 0 Å². The maximum Gasteiger partial charge on any atom is 0.216 e. The summed E-state index contributed by atoms with van der Waals surface area (Å²) in [5, 5.41) is 7.66. The number of rotatable bonds is 5. The van der Waals surface area contributed by atoms with Crippen LogP contribution in [0.25, 0.3) is 11.1 Å². The van der Waals surface area contributed by atoms with Crippen molar-refractivity contribution in [1.82, 2.24) is 9.78 Å². The summed E-state index contributed by atoms with van der Waals surface area (Å²) in [5.74, 6) is 0. The molecule has 0 radical (unpaired) electrons. The Kier molecular flexibility index (Phi) is 4.67. The fourth-order valence-corrected chi connectivity index (χ4v) is 5.78. The van der Waals surface area contributed by atoms with Gasteiger partial charge in [-0.3, -0.25) is 4.68 Å². The SMILES string of the molecule is CNc1ccc(S(=O)(=O)c2cc(-c3cnn(C)c3)cc(S(C)(=O)=O)c2)s1. The molecule has 1 aromatic carbocycles. The molecule has 0 aliphatic rings. The Labute approximate surface area is 156 Å². The van der Waals surface area contributed by atoms with Crippen LogP contribution < -0.4 is 5.32 Å². The van der Waals surface area contributed by atoms with Gasteiger partial charge >= 0.3 is 0 Å². The van der Waals surface area contributed by atoms with Gasteiger partial charge in [-0.15, -0.1) is 11.3 Å². The molecule has 26 heavy (non-hydrogen) atoms. The highest BCUT2D eigenvalue weighted by Gasteiger charge is 2.23. The smallest absolute Gasteiger partial charge is 0.216 e. The van der Waals surface area contributed by atoms with Crippen LogP contribution in [0.5, 0.6) is 0 Å². The first-order valence-corrected chi connectivity index (χ1v) is 11.7. The monoisotopic (exact) mass is 411 g/mol. The van der Waals surface area contributed by atoms with Crippen molar-refractivity contribution < 1.29 is 16.8 Å². The van der Waals surface area contributed by atoms with Crippen LogP contribution >= 0.6 is 11.3 Å². The van der Waals surface area contributed by atoms with Crippen molar-refractivity contribution >= 4 is 36.0 Å². The molecule has 0 atom stereocenters. The van der Waals surface area contributed by atoms with E-state index >= 15 is 0 Å². The van der Waals surface area contributed by atoms with Crippen molar-refractivity contribution in [3.8, 4) is 11.1 Å². The molecule has 0 fully saturated rings. The van der Waals surface area contributed by atoms with E-state index in [-0.39, 0.29) is 14.0 Å². The number of aryl methyl sites for hydroxylation is 1. The summed E-state index contributed by atoms with van der Waals surface area (Å²) in [4.78, 5) is -0.119. The second-order valence-electron chi connectivity index (χ2n) is 5.74. The van der Waals surface area contributed by atoms with Crippen molar-refractivity contribution in [2.45, 2.75) is 14.0 Å². The first kappa shape index (κ1) is 18.6. The van der Waals surface area contributed by atoms with Gasteiger partial charge in [-0.05, 0) is 35.9 Å². The summed E-state index contributed by atoms with van der Waals surface area (Å²) in [7, 11) is -4.01. The minimum absolute atomic E-state index is 0.0529. The molecule has 0 spiro atoms. The van der Waals surface area contributed by atoms with E-state index in [1.165, 1.54) is 24.3 Å². The highest BCUT2D eigenvalue weighted by atomic mass is 32.2. The van der Waals surface area contributed by atoms with Crippen LogP contribution in [0.4, 0.5) is 5.00 Å². The van der Waals surface area contributed by atoms with Crippen LogP contribution in [0, 0.1) is 0 Å². The van der Waals surface area contributed by atoms with E-state index in [1.807, 2.05) is 0 Å². The van der Waals surface area contributed by atoms with E-state index in [9.17, 15) is 16.8 Å². The van der Waals surface area contributed by atoms with Gasteiger partial charge in [0.2, 0.25) is 9.84 Å². The highest BCUT2D eigenvalue weighted by molar-refractivity contribution is 7.93. The summed E-state index contributed by atoms with van der Waals surface area (Å²) in [5.41, 5.74) is 1.11. The number of anilines is 1. The summed E-state index contributed by atoms with van der Waals surface area (Å²) in [6.07, 6.45) is 4.31. The largest absolute Gasteiger partial charge is 0.380 e. The Morgan fingerprint density at radius 2 is 1.73 bits per heavy atom. The fraction of sp³-hybridized carbons (Fsp3) is 0.188. The molecular weight excluding hydrogens is 394 g/mol. The fourth-order valence-electron chi connectivity index (χ4n) is 2.39. The summed E-state index contributed by atoms with van der Waals surface area (Å²) < 4.78 is 51.8. The molecule has 3 aromatic rings. The predicted molar refractivity (Wildman–Crippen MR) is 101 cm³/mol. The molecule has 1 N–H and O–H groups in total. The molecule has 0 saturated heterocycles. The van der Waals surface area contributed by atoms with Gasteiger partial charge in [0, 0.05) is 32.1 Å². The molecule has 0 aliphatic heterocycles. The second-order valence-corrected chi connectivity index (χ2v) is 11.0. The number of sulfone groups is 2. The molecule has 0 amide bonds. The van der Waals surface area contributed by atoms with Gasteiger partial charge in [0.1, 0.15) is 4.21 Å². The van der Waals surface area contributed by atoms with Gasteiger partial charge in [0.15, 0.2) is 9.84 Å². The molecule has 0 saturated carbocycles. The van der Waals surface area contributed by atoms with E-state index in [0.29, 0.717) is 16.1 Å². The third-order valence-electron chi connectivity index (χ3n) is 3.75. The van der Waals surface area contributed by atoms with Crippen LogP contribution in [0.2, 0.25) is 0 Å². The standard InChI is InChI=1S/C16H17N3O4S3/c1-17-15-4-5-16(24-15)26(22,23)14-7-11(12-9-18-19(2)10-12)6-13(8-14)25(3,20)21/h4-10,17H,1-3H3. The maximum absolute atomic E-state index is 13.0. The summed E-state index contributed by atoms with van der Waals surface area (Å²) in [6.45, 7) is 0. The lowest BCUT2D eigenvalue weighted by molar-refractivity contribution is 0.597. The molecule has 138 valence electrons. The molecule has 7 nitrogen and oxygen atoms in total. The Morgan fingerprint density at radius 1 is 1.04 bits per heavy atom. The zero-order valence-electron chi connectivity index (χ0n) is 14.3. The molecule has 3 rings (SSSR count). The first-order chi connectivity index (χ1) is 12.1. The Hall–Kier alpha value is -2.17. The summed E-state index contributed by atoms with van der Waals surface area (Å²) >= 11 is 1.09. The van der Waals surface area contributed by atoms with Gasteiger partial charge in [-0.1, -0.05) is 0 Å². The van der Waals surface area contributed by atoms with Crippen LogP contribution in [-0.2, 0) is 26.7 Å². The number of aromatic nitrogens is 2. The van der Waals surface area contributed by atoms with Crippen molar-refractivity contribution in [3.63, 3.8) is 0 Å². The van der Waals surface area contributed by atoms with E-state index < -0.39 is 19.7 Å². The molecule has 2 heterocycles. The Bertz CT molecular complexity index is 1180. The van der Waals surface area contributed by atoms with Gasteiger partial charge in [-0.25, -0.2) is 16.8 Å². The minimum atomic E-state index is -3.85. The third kappa shape index (κ3) is 3.53. The Balaban J connectivity index is 2.23. The van der Waals surface area contributed by atoms with E-state index in [4.69, 9.17) is 0 Å². The van der Waals surface area contributed by atoms with Crippen LogP contribution in [0.1, 0.15) is 0 Å². The molecule has 0 bridgehead atoms. The van der Waals surface area contributed by atoms with Crippen LogP contribution in [0.15, 0.2) is 56.7 Å². The Morgan fingerprint density at radius 3 is 2.27 bits per heavy atom. The summed E-state index contributed by atoms with van der Waals surface area (Å²) in [6, 6.07) is 7.30. The number of nitrogens with zero attached hydrogens (tertiary/aromatic N) is 2. The molecule has 0 aliphatic carbocycles. The molecule has 0 unspecified atom stereocenters. The number of thiophene rings is 1. The second kappa shape index (κ2) is 6.53. The lowest BCUT2D eigenvalue weighted by Crippen LogP contribution is -2.04. The molecule has 2 aromatic heterocycles. The first-order valence-electron chi connectivity index (χ1n) is 7.48. The van der Waals surface area contributed by atoms with Crippen molar-refractivity contribution in [2.75, 3.05) is 18.6 Å². The van der Waals surface area contributed by atoms with Gasteiger partial charge < -0.3 is 5.32 Å². The predicted octanol–water partition coefficient (Wildman–Crippen LogP) is 2.43. The molecule has 10 heteroatoms. The van der Waals surface area contributed by atoms with Gasteiger partial charge in [-0.2, -0.15) is 5.10 Å². The van der Waals surface area contributed by atoms with Crippen LogP contribution in [-0.4, -0.2) is 39.9 Å². The van der Waals surface area contributed by atoms with Gasteiger partial charge in [0.05, 0.1) is 21.0 Å². The zero-order chi connectivity index (χ0) is 19.1. The average Bonchev–Trinajstić information content (AvgIpc) is 3.22. The maximum atomic E-state index is 13.0. The topological polar surface area (TPSA) is 98.1 Å². The van der Waals surface area contributed by atoms with Gasteiger partial charge in [0.25, 0.3) is 0 Å². The van der Waals surface area contributed by atoms with Crippen molar-refractivity contribution in [2.24, 2.45) is 7.05 Å². The quantitative estimate of drug-likeness (QED) is 0.692. The van der Waals surface area contributed by atoms with E-state index in [1.54, 1.807) is 37.2 Å². The minimum Gasteiger partial charge on any atom is -0.380 e. The normalized spacial score (nSPS) is 12.3. The van der Waals surface area contributed by atoms with Crippen molar-refractivity contribution in [3.05, 3.63) is 42.7 Å². The van der Waals surface area contributed by atoms with E-state index in [0.717, 1.165) is 17.6 Å². The zero-order valence-corrected chi connectivity index (χ0v) is 16.7. The third-order valence-corrected chi connectivity index (χ3v) is 8.17. The van der Waals surface area contributed by atoms with E-state index in [2.05, 4.69) is 10.4 Å². The average molecular weight is 412 g/mol. The number of nitrogens with one attached hydrogen (secondary N) is 1. The van der Waals surface area contributed by atoms with Crippen LogP contribution in [0.3, 0.4) is 0 Å². The number of hydrogen-bond acceptors (Lipinski definition) is 7. The lowest BCUT2D eigenvalue weighted by atomic mass is 10.1. The molecular formula is C16H17N3O4S3. The number of hydrogen-bond donors (Lipinski definition) is 1. The highest BCUT2D eigenvalue weighted by Crippen LogP contribution is 2.34. The lowest BCUT2D eigenvalue weighted by Gasteiger charge is -2.08.